The molecule has 0 radical (unpaired) electrons. The summed E-state index contributed by atoms with van der Waals surface area (Å²) in [6.07, 6.45) is -3.96. The third-order valence-electron chi connectivity index (χ3n) is 4.32. The summed E-state index contributed by atoms with van der Waals surface area (Å²) in [5.41, 5.74) is -1.80. The van der Waals surface area contributed by atoms with Crippen molar-refractivity contribution in [1.29, 1.82) is 0 Å². The summed E-state index contributed by atoms with van der Waals surface area (Å²) in [6.45, 7) is -0.782. The van der Waals surface area contributed by atoms with Crippen LogP contribution in [0.3, 0.4) is 0 Å². The van der Waals surface area contributed by atoms with E-state index in [9.17, 15) is 36.6 Å². The minimum atomic E-state index is -5.12. The second-order valence-electron chi connectivity index (χ2n) is 6.63. The molecular weight excluding hydrogens is 471 g/mol. The quantitative estimate of drug-likeness (QED) is 0.438. The fraction of sp³-hybridized carbons (Fsp3) is 0.200. The van der Waals surface area contributed by atoms with Crippen molar-refractivity contribution in [3.05, 3.63) is 69.8 Å². The molecule has 0 fully saturated rings. The number of halogens is 5. The molecule has 180 valence electrons. The van der Waals surface area contributed by atoms with Crippen LogP contribution in [0.2, 0.25) is 0 Å². The summed E-state index contributed by atoms with van der Waals surface area (Å²) in [5.74, 6) is -4.68. The van der Waals surface area contributed by atoms with Gasteiger partial charge in [-0.3, -0.25) is 9.59 Å². The van der Waals surface area contributed by atoms with Gasteiger partial charge in [0.05, 0.1) is 26.0 Å². The average Bonchev–Trinajstić information content (AvgIpc) is 2.77. The minimum Gasteiger partial charge on any atom is -0.495 e. The Kier molecular flexibility index (Phi) is 7.10. The number of aliphatic hydroxyl groups is 1. The van der Waals surface area contributed by atoms with Gasteiger partial charge in [0.1, 0.15) is 17.1 Å². The van der Waals surface area contributed by atoms with Crippen LogP contribution in [-0.4, -0.2) is 46.0 Å². The fourth-order valence-corrected chi connectivity index (χ4v) is 2.80. The number of alkyl halides is 3. The van der Waals surface area contributed by atoms with Gasteiger partial charge in [0.25, 0.3) is 11.5 Å². The number of pyridine rings is 1. The second-order valence-corrected chi connectivity index (χ2v) is 6.63. The zero-order valence-corrected chi connectivity index (χ0v) is 17.1. The number of nitrogens with one attached hydrogen (secondary N) is 2. The highest BCUT2D eigenvalue weighted by Gasteiger charge is 2.32. The molecule has 1 atom stereocenters. The molecule has 0 aliphatic heterocycles. The van der Waals surface area contributed by atoms with Crippen molar-refractivity contribution in [1.82, 2.24) is 20.3 Å². The van der Waals surface area contributed by atoms with Gasteiger partial charge in [-0.15, -0.1) is 13.2 Å². The van der Waals surface area contributed by atoms with Crippen LogP contribution in [0.4, 0.5) is 22.0 Å². The number of carbonyl (C=O) groups is 1. The highest BCUT2D eigenvalue weighted by atomic mass is 19.4. The zero-order valence-electron chi connectivity index (χ0n) is 17.1. The van der Waals surface area contributed by atoms with Crippen LogP contribution in [0.5, 0.6) is 11.5 Å². The monoisotopic (exact) mass is 486 g/mol. The van der Waals surface area contributed by atoms with E-state index in [0.717, 1.165) is 24.4 Å². The largest absolute Gasteiger partial charge is 0.573 e. The number of methoxy groups -OCH3 is 1. The third kappa shape index (κ3) is 5.83. The van der Waals surface area contributed by atoms with Crippen molar-refractivity contribution in [3.8, 4) is 23.0 Å². The van der Waals surface area contributed by atoms with E-state index < -0.39 is 53.6 Å². The first-order chi connectivity index (χ1) is 16.0. The number of aromatic amines is 1. The number of amides is 1. The van der Waals surface area contributed by atoms with Crippen molar-refractivity contribution < 1.29 is 41.3 Å². The number of nitrogens with zero attached hydrogens (tertiary/aromatic N) is 2. The highest BCUT2D eigenvalue weighted by Crippen LogP contribution is 2.28. The van der Waals surface area contributed by atoms with E-state index in [4.69, 9.17) is 4.74 Å². The van der Waals surface area contributed by atoms with E-state index in [1.54, 1.807) is 0 Å². The molecule has 0 bridgehead atoms. The van der Waals surface area contributed by atoms with Crippen LogP contribution in [0.25, 0.3) is 11.5 Å². The predicted molar refractivity (Wildman–Crippen MR) is 105 cm³/mol. The van der Waals surface area contributed by atoms with Crippen molar-refractivity contribution in [2.45, 2.75) is 12.4 Å². The van der Waals surface area contributed by atoms with Crippen molar-refractivity contribution in [2.24, 2.45) is 0 Å². The fourth-order valence-electron chi connectivity index (χ4n) is 2.80. The van der Waals surface area contributed by atoms with Crippen molar-refractivity contribution in [3.63, 3.8) is 0 Å². The number of carbonyl (C=O) groups excluding carboxylic acids is 1. The molecule has 2 aromatic heterocycles. The molecule has 3 aromatic rings. The summed E-state index contributed by atoms with van der Waals surface area (Å²) >= 11 is 0. The summed E-state index contributed by atoms with van der Waals surface area (Å²) in [4.78, 5) is 34.5. The number of rotatable bonds is 7. The lowest BCUT2D eigenvalue weighted by molar-refractivity contribution is -0.275. The lowest BCUT2D eigenvalue weighted by Gasteiger charge is -2.18. The molecule has 0 saturated carbocycles. The number of hydrogen-bond acceptors (Lipinski definition) is 7. The molecule has 1 aromatic carbocycles. The molecule has 34 heavy (non-hydrogen) atoms. The third-order valence-corrected chi connectivity index (χ3v) is 4.32. The first kappa shape index (κ1) is 24.6. The van der Waals surface area contributed by atoms with Gasteiger partial charge >= 0.3 is 6.36 Å². The van der Waals surface area contributed by atoms with Crippen molar-refractivity contribution in [2.75, 3.05) is 13.7 Å². The van der Waals surface area contributed by atoms with Gasteiger partial charge in [0.15, 0.2) is 23.2 Å². The summed E-state index contributed by atoms with van der Waals surface area (Å²) in [5, 5.41) is 11.9. The molecular formula is C20H15F5N4O5. The second kappa shape index (κ2) is 9.82. The molecule has 0 aliphatic rings. The Morgan fingerprint density at radius 3 is 2.53 bits per heavy atom. The van der Waals surface area contributed by atoms with Crippen LogP contribution < -0.4 is 20.3 Å². The lowest BCUT2D eigenvalue weighted by Crippen LogP contribution is -2.32. The standard InChI is InChI=1S/C20H15F5N4O5/c1-33-10-5-12(22)17(26-7-10)18-27-13(6-16(31)29-18)19(32)28-14(8-30)9-2-3-15(11(21)4-9)34-20(23,24)25/h2-7,14,30H,8H2,1H3,(H,28,32)(H,27,29,31). The molecule has 0 spiro atoms. The Morgan fingerprint density at radius 1 is 1.21 bits per heavy atom. The van der Waals surface area contributed by atoms with Gasteiger partial charge in [-0.25, -0.2) is 18.7 Å². The number of aromatic nitrogens is 3. The van der Waals surface area contributed by atoms with E-state index in [1.165, 1.54) is 7.11 Å². The topological polar surface area (TPSA) is 126 Å². The highest BCUT2D eigenvalue weighted by molar-refractivity contribution is 5.92. The van der Waals surface area contributed by atoms with E-state index in [1.807, 2.05) is 0 Å². The SMILES string of the molecule is COc1cnc(-c2nc(C(=O)NC(CO)c3ccc(OC(F)(F)F)c(F)c3)cc(=O)[nH]2)c(F)c1. The maximum atomic E-state index is 14.3. The van der Waals surface area contributed by atoms with E-state index in [-0.39, 0.29) is 22.8 Å². The number of aliphatic hydroxyl groups excluding tert-OH is 1. The summed E-state index contributed by atoms with van der Waals surface area (Å²) in [7, 11) is 1.29. The maximum Gasteiger partial charge on any atom is 0.573 e. The van der Waals surface area contributed by atoms with Gasteiger partial charge in [0, 0.05) is 12.1 Å². The molecule has 1 unspecified atom stereocenters. The molecule has 14 heteroatoms. The van der Waals surface area contributed by atoms with Gasteiger partial charge < -0.3 is 24.9 Å². The van der Waals surface area contributed by atoms with E-state index >= 15 is 0 Å². The molecule has 0 saturated heterocycles. The molecule has 3 N–H and O–H groups in total. The predicted octanol–water partition coefficient (Wildman–Crippen LogP) is 2.48. The summed E-state index contributed by atoms with van der Waals surface area (Å²) in [6, 6.07) is 2.79. The lowest BCUT2D eigenvalue weighted by atomic mass is 10.1. The molecule has 1 amide bonds. The number of ether oxygens (including phenoxy) is 2. The van der Waals surface area contributed by atoms with E-state index in [2.05, 4.69) is 25.0 Å². The number of benzene rings is 1. The average molecular weight is 486 g/mol. The Hall–Kier alpha value is -4.07. The maximum absolute atomic E-state index is 14.3. The van der Waals surface area contributed by atoms with Crippen LogP contribution in [0.15, 0.2) is 41.3 Å². The Morgan fingerprint density at radius 2 is 1.94 bits per heavy atom. The van der Waals surface area contributed by atoms with E-state index in [0.29, 0.717) is 12.1 Å². The smallest absolute Gasteiger partial charge is 0.495 e. The van der Waals surface area contributed by atoms with Gasteiger partial charge in [-0.05, 0) is 17.7 Å². The van der Waals surface area contributed by atoms with Crippen molar-refractivity contribution >= 4 is 5.91 Å². The van der Waals surface area contributed by atoms with Gasteiger partial charge in [0.2, 0.25) is 0 Å². The Labute approximate surface area is 187 Å². The molecule has 3 rings (SSSR count). The van der Waals surface area contributed by atoms with Crippen LogP contribution in [0, 0.1) is 11.6 Å². The normalized spacial score (nSPS) is 12.2. The first-order valence-corrected chi connectivity index (χ1v) is 9.29. The Balaban J connectivity index is 1.86. The number of H-pyrrole nitrogens is 1. The molecule has 0 aliphatic carbocycles. The molecule has 2 heterocycles. The van der Waals surface area contributed by atoms with Crippen LogP contribution >= 0.6 is 0 Å². The molecule has 9 nitrogen and oxygen atoms in total. The zero-order chi connectivity index (χ0) is 25.0. The van der Waals surface area contributed by atoms with Crippen LogP contribution in [-0.2, 0) is 0 Å². The Bertz CT molecular complexity index is 1260. The van der Waals surface area contributed by atoms with Gasteiger partial charge in [-0.2, -0.15) is 0 Å². The first-order valence-electron chi connectivity index (χ1n) is 9.29. The summed E-state index contributed by atoms with van der Waals surface area (Å²) < 4.78 is 73.6. The van der Waals surface area contributed by atoms with Crippen LogP contribution in [0.1, 0.15) is 22.1 Å². The number of hydrogen-bond donors (Lipinski definition) is 3. The minimum absolute atomic E-state index is 0.0992. The van der Waals surface area contributed by atoms with Gasteiger partial charge in [-0.1, -0.05) is 6.07 Å².